The lowest BCUT2D eigenvalue weighted by atomic mass is 10.3. The zero-order chi connectivity index (χ0) is 11.1. The number of amides is 2. The average molecular weight is 208 g/mol. The van der Waals surface area contributed by atoms with Gasteiger partial charge < -0.3 is 15.4 Å². The van der Waals surface area contributed by atoms with Crippen LogP contribution in [0.5, 0.6) is 0 Å². The van der Waals surface area contributed by atoms with E-state index in [1.54, 1.807) is 7.11 Å². The van der Waals surface area contributed by atoms with Crippen LogP contribution in [0.25, 0.3) is 0 Å². The molecule has 0 aliphatic carbocycles. The van der Waals surface area contributed by atoms with Crippen molar-refractivity contribution in [1.29, 1.82) is 0 Å². The van der Waals surface area contributed by atoms with Crippen molar-refractivity contribution in [3.05, 3.63) is 30.3 Å². The summed E-state index contributed by atoms with van der Waals surface area (Å²) in [7, 11) is 1.60. The van der Waals surface area contributed by atoms with Crippen LogP contribution in [0, 0.1) is 0 Å². The van der Waals surface area contributed by atoms with Crippen molar-refractivity contribution in [2.24, 2.45) is 0 Å². The Morgan fingerprint density at radius 2 is 2.07 bits per heavy atom. The summed E-state index contributed by atoms with van der Waals surface area (Å²) in [6, 6.07) is 9.09. The number of methoxy groups -OCH3 is 1. The van der Waals surface area contributed by atoms with Crippen molar-refractivity contribution in [2.45, 2.75) is 13.0 Å². The van der Waals surface area contributed by atoms with E-state index in [4.69, 9.17) is 4.74 Å². The van der Waals surface area contributed by atoms with Crippen molar-refractivity contribution < 1.29 is 9.53 Å². The summed E-state index contributed by atoms with van der Waals surface area (Å²) in [5.74, 6) is 0. The second-order valence-corrected chi connectivity index (χ2v) is 3.32. The van der Waals surface area contributed by atoms with Crippen LogP contribution >= 0.6 is 0 Å². The highest BCUT2D eigenvalue weighted by Gasteiger charge is 2.05. The van der Waals surface area contributed by atoms with Crippen molar-refractivity contribution in [3.63, 3.8) is 0 Å². The molecule has 0 bridgehead atoms. The maximum absolute atomic E-state index is 11.4. The van der Waals surface area contributed by atoms with Gasteiger partial charge in [-0.15, -0.1) is 0 Å². The van der Waals surface area contributed by atoms with Gasteiger partial charge in [0.25, 0.3) is 0 Å². The molecule has 0 heterocycles. The Morgan fingerprint density at radius 1 is 1.40 bits per heavy atom. The molecular weight excluding hydrogens is 192 g/mol. The first-order valence-electron chi connectivity index (χ1n) is 4.84. The highest BCUT2D eigenvalue weighted by atomic mass is 16.5. The van der Waals surface area contributed by atoms with Crippen LogP contribution in [0.15, 0.2) is 30.3 Å². The molecule has 0 aromatic heterocycles. The molecule has 1 atom stereocenters. The maximum Gasteiger partial charge on any atom is 0.319 e. The lowest BCUT2D eigenvalue weighted by Crippen LogP contribution is -2.38. The molecule has 1 aromatic rings. The van der Waals surface area contributed by atoms with Gasteiger partial charge in [0.1, 0.15) is 0 Å². The summed E-state index contributed by atoms with van der Waals surface area (Å²) >= 11 is 0. The molecule has 0 saturated carbocycles. The molecule has 4 nitrogen and oxygen atoms in total. The van der Waals surface area contributed by atoms with E-state index in [1.807, 2.05) is 37.3 Å². The smallest absolute Gasteiger partial charge is 0.319 e. The Morgan fingerprint density at radius 3 is 2.67 bits per heavy atom. The van der Waals surface area contributed by atoms with Crippen LogP contribution in [-0.4, -0.2) is 25.8 Å². The van der Waals surface area contributed by atoms with Gasteiger partial charge in [0.2, 0.25) is 0 Å². The zero-order valence-electron chi connectivity index (χ0n) is 8.99. The Hall–Kier alpha value is -1.55. The van der Waals surface area contributed by atoms with E-state index in [2.05, 4.69) is 10.6 Å². The predicted octanol–water partition coefficient (Wildman–Crippen LogP) is 1.84. The molecule has 82 valence electrons. The summed E-state index contributed by atoms with van der Waals surface area (Å²) in [6.45, 7) is 2.39. The number of carbonyl (C=O) groups excluding carboxylic acids is 1. The summed E-state index contributed by atoms with van der Waals surface area (Å²) in [6.07, 6.45) is 0. The molecule has 0 spiro atoms. The van der Waals surface area contributed by atoms with E-state index >= 15 is 0 Å². The number of hydrogen-bond acceptors (Lipinski definition) is 2. The Balaban J connectivity index is 2.36. The molecule has 0 unspecified atom stereocenters. The van der Waals surface area contributed by atoms with Gasteiger partial charge in [-0.25, -0.2) is 4.79 Å². The Kier molecular flexibility index (Phi) is 4.63. The highest BCUT2D eigenvalue weighted by Crippen LogP contribution is 2.04. The minimum absolute atomic E-state index is 0.00119. The quantitative estimate of drug-likeness (QED) is 0.793. The molecule has 2 amide bonds. The Labute approximate surface area is 89.6 Å². The SMILES string of the molecule is COC[C@H](C)NC(=O)Nc1ccccc1. The molecular formula is C11H16N2O2. The first-order chi connectivity index (χ1) is 7.22. The molecule has 0 saturated heterocycles. The van der Waals surface area contributed by atoms with Crippen molar-refractivity contribution in [3.8, 4) is 0 Å². The number of para-hydroxylation sites is 1. The fourth-order valence-corrected chi connectivity index (χ4v) is 1.20. The van der Waals surface area contributed by atoms with Gasteiger partial charge in [-0.2, -0.15) is 0 Å². The van der Waals surface area contributed by atoms with Crippen molar-refractivity contribution >= 4 is 11.7 Å². The third-order valence-electron chi connectivity index (χ3n) is 1.83. The van der Waals surface area contributed by atoms with Gasteiger partial charge in [0, 0.05) is 12.8 Å². The van der Waals surface area contributed by atoms with Crippen molar-refractivity contribution in [1.82, 2.24) is 5.32 Å². The number of anilines is 1. The van der Waals surface area contributed by atoms with Gasteiger partial charge >= 0.3 is 6.03 Å². The second-order valence-electron chi connectivity index (χ2n) is 3.32. The number of nitrogens with one attached hydrogen (secondary N) is 2. The van der Waals surface area contributed by atoms with Gasteiger partial charge in [-0.1, -0.05) is 18.2 Å². The fourth-order valence-electron chi connectivity index (χ4n) is 1.20. The highest BCUT2D eigenvalue weighted by molar-refractivity contribution is 5.89. The van der Waals surface area contributed by atoms with Crippen LogP contribution in [0.1, 0.15) is 6.92 Å². The molecule has 0 radical (unpaired) electrons. The largest absolute Gasteiger partial charge is 0.383 e. The number of hydrogen-bond donors (Lipinski definition) is 2. The molecule has 0 aliphatic rings. The van der Waals surface area contributed by atoms with E-state index in [1.165, 1.54) is 0 Å². The first kappa shape index (κ1) is 11.5. The molecule has 2 N–H and O–H groups in total. The molecule has 1 rings (SSSR count). The minimum atomic E-state index is -0.217. The minimum Gasteiger partial charge on any atom is -0.383 e. The summed E-state index contributed by atoms with van der Waals surface area (Å²) < 4.78 is 4.91. The van der Waals surface area contributed by atoms with Crippen LogP contribution in [-0.2, 0) is 4.74 Å². The number of urea groups is 1. The second kappa shape index (κ2) is 6.03. The molecule has 0 aliphatic heterocycles. The number of rotatable bonds is 4. The molecule has 0 fully saturated rings. The van der Waals surface area contributed by atoms with E-state index in [9.17, 15) is 4.79 Å². The third-order valence-corrected chi connectivity index (χ3v) is 1.83. The van der Waals surface area contributed by atoms with E-state index in [0.29, 0.717) is 6.61 Å². The van der Waals surface area contributed by atoms with Crippen LogP contribution in [0.4, 0.5) is 10.5 Å². The van der Waals surface area contributed by atoms with Gasteiger partial charge in [-0.3, -0.25) is 0 Å². The topological polar surface area (TPSA) is 50.4 Å². The number of carbonyl (C=O) groups is 1. The molecule has 1 aromatic carbocycles. The van der Waals surface area contributed by atoms with E-state index in [-0.39, 0.29) is 12.1 Å². The lowest BCUT2D eigenvalue weighted by molar-refractivity contribution is 0.173. The number of ether oxygens (including phenoxy) is 1. The summed E-state index contributed by atoms with van der Waals surface area (Å²) in [5.41, 5.74) is 0.777. The normalized spacial score (nSPS) is 11.9. The monoisotopic (exact) mass is 208 g/mol. The number of benzene rings is 1. The first-order valence-corrected chi connectivity index (χ1v) is 4.84. The average Bonchev–Trinajstić information content (AvgIpc) is 2.19. The van der Waals surface area contributed by atoms with Gasteiger partial charge in [0.05, 0.1) is 12.6 Å². The van der Waals surface area contributed by atoms with Gasteiger partial charge in [0.15, 0.2) is 0 Å². The van der Waals surface area contributed by atoms with Crippen molar-refractivity contribution in [2.75, 3.05) is 19.0 Å². The predicted molar refractivity (Wildman–Crippen MR) is 59.9 cm³/mol. The van der Waals surface area contributed by atoms with Crippen LogP contribution in [0.3, 0.4) is 0 Å². The third kappa shape index (κ3) is 4.46. The maximum atomic E-state index is 11.4. The summed E-state index contributed by atoms with van der Waals surface area (Å²) in [4.78, 5) is 11.4. The van der Waals surface area contributed by atoms with Crippen LogP contribution in [0.2, 0.25) is 0 Å². The Bertz CT molecular complexity index is 301. The molecule has 15 heavy (non-hydrogen) atoms. The summed E-state index contributed by atoms with van der Waals surface area (Å²) in [5, 5.41) is 5.48. The standard InChI is InChI=1S/C11H16N2O2/c1-9(8-15-2)12-11(14)13-10-6-4-3-5-7-10/h3-7,9H,8H2,1-2H3,(H2,12,13,14)/t9-/m0/s1. The fraction of sp³-hybridized carbons (Fsp3) is 0.364. The molecule has 4 heteroatoms. The van der Waals surface area contributed by atoms with Crippen LogP contribution < -0.4 is 10.6 Å². The van der Waals surface area contributed by atoms with Gasteiger partial charge in [-0.05, 0) is 19.1 Å². The van der Waals surface area contributed by atoms with E-state index in [0.717, 1.165) is 5.69 Å². The zero-order valence-corrected chi connectivity index (χ0v) is 8.99. The lowest BCUT2D eigenvalue weighted by Gasteiger charge is -2.13. The van der Waals surface area contributed by atoms with E-state index < -0.39 is 0 Å².